The first-order chi connectivity index (χ1) is 18.4. The van der Waals surface area contributed by atoms with E-state index in [0.717, 1.165) is 25.3 Å². The second-order valence-electron chi connectivity index (χ2n) is 11.4. The highest BCUT2D eigenvalue weighted by Crippen LogP contribution is 2.46. The average Bonchev–Trinajstić information content (AvgIpc) is 3.21. The van der Waals surface area contributed by atoms with Crippen molar-refractivity contribution in [1.82, 2.24) is 13.8 Å². The number of anilines is 1. The molecule has 0 saturated carbocycles. The van der Waals surface area contributed by atoms with Gasteiger partial charge in [0.25, 0.3) is 0 Å². The summed E-state index contributed by atoms with van der Waals surface area (Å²) in [5, 5.41) is 2.89. The van der Waals surface area contributed by atoms with Crippen LogP contribution in [0.1, 0.15) is 46.5 Å². The Morgan fingerprint density at radius 3 is 2.51 bits per heavy atom. The SMILES string of the molecule is CCn1c(=O)oc2cc(NC(=O)CN3CCC4(CC3)CCC(C)(C)N(S(=O)(=O)c3cccc(F)c3)C4)ccc21. The number of hydrogen-bond acceptors (Lipinski definition) is 6. The Labute approximate surface area is 227 Å². The van der Waals surface area contributed by atoms with E-state index in [9.17, 15) is 22.4 Å². The van der Waals surface area contributed by atoms with Crippen molar-refractivity contribution in [2.24, 2.45) is 5.41 Å². The number of benzene rings is 2. The molecule has 2 fully saturated rings. The van der Waals surface area contributed by atoms with Crippen molar-refractivity contribution in [3.63, 3.8) is 0 Å². The van der Waals surface area contributed by atoms with E-state index in [0.29, 0.717) is 49.4 Å². The van der Waals surface area contributed by atoms with Gasteiger partial charge in [0, 0.05) is 30.4 Å². The van der Waals surface area contributed by atoms with E-state index < -0.39 is 27.1 Å². The highest BCUT2D eigenvalue weighted by atomic mass is 32.2. The van der Waals surface area contributed by atoms with E-state index in [2.05, 4.69) is 10.2 Å². The van der Waals surface area contributed by atoms with Gasteiger partial charge < -0.3 is 9.73 Å². The van der Waals surface area contributed by atoms with Crippen LogP contribution in [0.25, 0.3) is 11.1 Å². The molecule has 210 valence electrons. The first kappa shape index (κ1) is 27.5. The molecule has 3 heterocycles. The molecule has 0 radical (unpaired) electrons. The van der Waals surface area contributed by atoms with Crippen LogP contribution in [-0.4, -0.2) is 59.8 Å². The summed E-state index contributed by atoms with van der Waals surface area (Å²) in [7, 11) is -3.87. The van der Waals surface area contributed by atoms with Crippen molar-refractivity contribution in [3.8, 4) is 0 Å². The molecule has 9 nitrogen and oxygen atoms in total. The van der Waals surface area contributed by atoms with Crippen LogP contribution in [0.5, 0.6) is 0 Å². The van der Waals surface area contributed by atoms with E-state index in [-0.39, 0.29) is 22.8 Å². The molecule has 39 heavy (non-hydrogen) atoms. The predicted octanol–water partition coefficient (Wildman–Crippen LogP) is 4.04. The number of aryl methyl sites for hydroxylation is 1. The summed E-state index contributed by atoms with van der Waals surface area (Å²) < 4.78 is 49.3. The maximum Gasteiger partial charge on any atom is 0.419 e. The third-order valence-corrected chi connectivity index (χ3v) is 10.4. The maximum absolute atomic E-state index is 13.9. The van der Waals surface area contributed by atoms with Crippen molar-refractivity contribution < 1.29 is 22.0 Å². The van der Waals surface area contributed by atoms with Gasteiger partial charge in [-0.25, -0.2) is 17.6 Å². The van der Waals surface area contributed by atoms with E-state index in [4.69, 9.17) is 4.42 Å². The molecule has 2 aliphatic heterocycles. The third kappa shape index (κ3) is 5.39. The van der Waals surface area contributed by atoms with Gasteiger partial charge in [-0.15, -0.1) is 0 Å². The van der Waals surface area contributed by atoms with Crippen LogP contribution in [0.3, 0.4) is 0 Å². The van der Waals surface area contributed by atoms with Gasteiger partial charge in [0.15, 0.2) is 5.58 Å². The number of aromatic nitrogens is 1. The maximum atomic E-state index is 13.9. The summed E-state index contributed by atoms with van der Waals surface area (Å²) in [5.74, 6) is -1.16. The first-order valence-corrected chi connectivity index (χ1v) is 14.8. The standard InChI is InChI=1S/C28H35FN4O5S/c1-4-32-23-9-8-21(17-24(23)38-26(32)35)30-25(34)18-31-14-12-28(13-15-31)11-10-27(2,3)33(19-28)39(36,37)22-7-5-6-20(29)16-22/h5-9,16-17H,4,10-15,18-19H2,1-3H3,(H,30,34). The topological polar surface area (TPSA) is 105 Å². The molecule has 0 bridgehead atoms. The molecule has 0 unspecified atom stereocenters. The number of halogens is 1. The third-order valence-electron chi connectivity index (χ3n) is 8.36. The fourth-order valence-electron chi connectivity index (χ4n) is 5.90. The largest absolute Gasteiger partial charge is 0.419 e. The van der Waals surface area contributed by atoms with Crippen LogP contribution in [0.2, 0.25) is 0 Å². The zero-order valence-electron chi connectivity index (χ0n) is 22.6. The van der Waals surface area contributed by atoms with Crippen molar-refractivity contribution in [1.29, 1.82) is 0 Å². The van der Waals surface area contributed by atoms with Crippen LogP contribution in [0.4, 0.5) is 10.1 Å². The molecular weight excluding hydrogens is 523 g/mol. The lowest BCUT2D eigenvalue weighted by atomic mass is 9.69. The molecule has 0 aliphatic carbocycles. The Hall–Kier alpha value is -3.02. The summed E-state index contributed by atoms with van der Waals surface area (Å²) in [4.78, 5) is 26.8. The van der Waals surface area contributed by atoms with Gasteiger partial charge in [-0.05, 0) is 95.3 Å². The summed E-state index contributed by atoms with van der Waals surface area (Å²) in [6.07, 6.45) is 3.15. The minimum atomic E-state index is -3.87. The molecule has 1 N–H and O–H groups in total. The summed E-state index contributed by atoms with van der Waals surface area (Å²) in [6, 6.07) is 10.4. The van der Waals surface area contributed by atoms with Crippen molar-refractivity contribution in [3.05, 3.63) is 58.8 Å². The van der Waals surface area contributed by atoms with Crippen LogP contribution in [-0.2, 0) is 21.4 Å². The molecule has 1 spiro atoms. The van der Waals surface area contributed by atoms with Crippen LogP contribution < -0.4 is 11.1 Å². The molecule has 5 rings (SSSR count). The van der Waals surface area contributed by atoms with Gasteiger partial charge in [0.05, 0.1) is 17.0 Å². The van der Waals surface area contributed by atoms with Gasteiger partial charge in [-0.2, -0.15) is 4.31 Å². The number of carbonyl (C=O) groups excluding carboxylic acids is 1. The summed E-state index contributed by atoms with van der Waals surface area (Å²) >= 11 is 0. The molecule has 2 aromatic carbocycles. The first-order valence-electron chi connectivity index (χ1n) is 13.4. The lowest BCUT2D eigenvalue weighted by Gasteiger charge is -2.53. The van der Waals surface area contributed by atoms with E-state index in [1.807, 2.05) is 20.8 Å². The molecule has 1 amide bonds. The fourth-order valence-corrected chi connectivity index (χ4v) is 7.85. The second kappa shape index (κ2) is 10.2. The molecule has 1 aromatic heterocycles. The van der Waals surface area contributed by atoms with Crippen molar-refractivity contribution >= 4 is 32.7 Å². The zero-order chi connectivity index (χ0) is 28.0. The fraction of sp³-hybridized carbons (Fsp3) is 0.500. The minimum absolute atomic E-state index is 0.0227. The lowest BCUT2D eigenvalue weighted by Crippen LogP contribution is -2.59. The Balaban J connectivity index is 1.22. The van der Waals surface area contributed by atoms with Gasteiger partial charge in [-0.3, -0.25) is 14.3 Å². The Kier molecular flexibility index (Phi) is 7.19. The van der Waals surface area contributed by atoms with Gasteiger partial charge >= 0.3 is 5.76 Å². The van der Waals surface area contributed by atoms with Gasteiger partial charge in [-0.1, -0.05) is 6.07 Å². The van der Waals surface area contributed by atoms with E-state index in [1.165, 1.54) is 22.8 Å². The van der Waals surface area contributed by atoms with Gasteiger partial charge in [0.2, 0.25) is 15.9 Å². The second-order valence-corrected chi connectivity index (χ2v) is 13.3. The van der Waals surface area contributed by atoms with E-state index in [1.54, 1.807) is 22.5 Å². The number of oxazole rings is 1. The number of rotatable bonds is 6. The number of likely N-dealkylation sites (tertiary alicyclic amines) is 1. The molecule has 3 aromatic rings. The van der Waals surface area contributed by atoms with E-state index >= 15 is 0 Å². The minimum Gasteiger partial charge on any atom is -0.408 e. The molecule has 2 saturated heterocycles. The van der Waals surface area contributed by atoms with Crippen LogP contribution in [0.15, 0.2) is 56.6 Å². The monoisotopic (exact) mass is 558 g/mol. The Morgan fingerprint density at radius 2 is 1.82 bits per heavy atom. The number of hydrogen-bond donors (Lipinski definition) is 1. The highest BCUT2D eigenvalue weighted by Gasteiger charge is 2.49. The summed E-state index contributed by atoms with van der Waals surface area (Å²) in [6.45, 7) is 8.16. The highest BCUT2D eigenvalue weighted by molar-refractivity contribution is 7.89. The predicted molar refractivity (Wildman–Crippen MR) is 146 cm³/mol. The number of amides is 1. The Morgan fingerprint density at radius 1 is 1.08 bits per heavy atom. The molecular formula is C28H35FN4O5S. The normalized spacial score (nSPS) is 19.9. The molecule has 0 atom stereocenters. The number of carbonyl (C=O) groups is 1. The number of piperidine rings is 2. The summed E-state index contributed by atoms with van der Waals surface area (Å²) in [5.41, 5.74) is 0.915. The van der Waals surface area contributed by atoms with Crippen LogP contribution in [0, 0.1) is 11.2 Å². The molecule has 2 aliphatic rings. The number of sulfonamides is 1. The Bertz CT molecular complexity index is 1550. The number of nitrogens with zero attached hydrogens (tertiary/aromatic N) is 3. The quantitative estimate of drug-likeness (QED) is 0.490. The van der Waals surface area contributed by atoms with Gasteiger partial charge in [0.1, 0.15) is 5.82 Å². The number of nitrogens with one attached hydrogen (secondary N) is 1. The average molecular weight is 559 g/mol. The zero-order valence-corrected chi connectivity index (χ0v) is 23.4. The molecule has 11 heteroatoms. The number of fused-ring (bicyclic) bond motifs is 1. The smallest absolute Gasteiger partial charge is 0.408 e. The lowest BCUT2D eigenvalue weighted by molar-refractivity contribution is -0.118. The van der Waals surface area contributed by atoms with Crippen LogP contribution >= 0.6 is 0 Å². The van der Waals surface area contributed by atoms with Crippen molar-refractivity contribution in [2.75, 3.05) is 31.5 Å². The van der Waals surface area contributed by atoms with Crippen molar-refractivity contribution in [2.45, 2.75) is 63.4 Å².